The molecule has 0 amide bonds. The molecule has 3 heterocycles. The number of aliphatic hydroxyl groups is 17. The topological polar surface area (TPSA) is 401 Å². The predicted octanol–water partition coefficient (Wildman–Crippen LogP) is 4.50. The van der Waals surface area contributed by atoms with Crippen LogP contribution in [-0.2, 0) is 23.7 Å². The molecule has 29 atom stereocenters. The lowest BCUT2D eigenvalue weighted by Gasteiger charge is -2.50. The van der Waals surface area contributed by atoms with E-state index in [1.807, 2.05) is 0 Å². The molecule has 17 N–H and O–H groups in total. The van der Waals surface area contributed by atoms with Gasteiger partial charge in [0, 0.05) is 48.9 Å². The number of rotatable bonds is 8. The number of hydrogen-bond donors (Lipinski definition) is 17. The largest absolute Gasteiger partial charge is 0.458 e. The Morgan fingerprint density at radius 1 is 0.604 bits per heavy atom. The van der Waals surface area contributed by atoms with Crippen LogP contribution in [0.25, 0.3) is 0 Å². The molecule has 0 spiro atoms. The Hall–Kier alpha value is -2.41. The molecule has 0 aromatic rings. The second kappa shape index (κ2) is 43.5. The highest BCUT2D eigenvalue weighted by Crippen LogP contribution is 2.42. The van der Waals surface area contributed by atoms with E-state index in [2.05, 4.69) is 13.8 Å². The summed E-state index contributed by atoms with van der Waals surface area (Å²) in [7, 11) is 3.40. The molecule has 2 bridgehead atoms. The van der Waals surface area contributed by atoms with Crippen molar-refractivity contribution in [3.63, 3.8) is 0 Å². The molecule has 2 fully saturated rings. The molecule has 0 aromatic heterocycles. The maximum absolute atomic E-state index is 13.7. The van der Waals surface area contributed by atoms with Gasteiger partial charge in [0.15, 0.2) is 12.1 Å². The molecular formula is C73H133NO22. The molecule has 0 aliphatic carbocycles. The van der Waals surface area contributed by atoms with Crippen LogP contribution in [0.4, 0.5) is 0 Å². The summed E-state index contributed by atoms with van der Waals surface area (Å²) >= 11 is 0. The third-order valence-corrected chi connectivity index (χ3v) is 20.9. The van der Waals surface area contributed by atoms with Crippen molar-refractivity contribution in [2.24, 2.45) is 41.4 Å². The van der Waals surface area contributed by atoms with Gasteiger partial charge in [-0.2, -0.15) is 0 Å². The van der Waals surface area contributed by atoms with Gasteiger partial charge in [-0.05, 0) is 161 Å². The number of allylic oxidation sites excluding steroid dienone is 2. The van der Waals surface area contributed by atoms with E-state index in [9.17, 15) is 91.6 Å². The summed E-state index contributed by atoms with van der Waals surface area (Å²) in [4.78, 5) is 15.4. The average molecular weight is 1380 g/mol. The van der Waals surface area contributed by atoms with Crippen molar-refractivity contribution < 1.29 is 111 Å². The monoisotopic (exact) mass is 1380 g/mol. The van der Waals surface area contributed by atoms with Gasteiger partial charge in [-0.1, -0.05) is 98.1 Å². The summed E-state index contributed by atoms with van der Waals surface area (Å²) in [5.41, 5.74) is 0.999. The van der Waals surface area contributed by atoms with Crippen LogP contribution in [0.3, 0.4) is 0 Å². The Kier molecular flexibility index (Phi) is 39.8. The number of likely N-dealkylation sites (N-methyl/N-ethyl adjacent to an activating group) is 1. The van der Waals surface area contributed by atoms with Gasteiger partial charge in [0.05, 0.1) is 122 Å². The lowest BCUT2D eigenvalue weighted by atomic mass is 9.80. The number of hydrogen-bond acceptors (Lipinski definition) is 23. The van der Waals surface area contributed by atoms with Crippen LogP contribution < -0.4 is 0 Å². The van der Waals surface area contributed by atoms with Crippen molar-refractivity contribution in [2.45, 2.75) is 351 Å². The third-order valence-electron chi connectivity index (χ3n) is 20.9. The average Bonchev–Trinajstić information content (AvgIpc) is 0.771. The lowest BCUT2D eigenvalue weighted by Crippen LogP contribution is -2.64. The van der Waals surface area contributed by atoms with Gasteiger partial charge >= 0.3 is 5.97 Å². The number of carbonyl (C=O) groups is 1. The van der Waals surface area contributed by atoms with Crippen molar-refractivity contribution in [3.05, 3.63) is 47.6 Å². The number of esters is 1. The van der Waals surface area contributed by atoms with E-state index < -0.39 is 182 Å². The maximum Gasteiger partial charge on any atom is 0.311 e. The first-order chi connectivity index (χ1) is 44.9. The van der Waals surface area contributed by atoms with E-state index in [-0.39, 0.29) is 89.4 Å². The molecule has 3 aliphatic rings. The first-order valence-electron chi connectivity index (χ1n) is 36.0. The number of ether oxygens (including phenoxy) is 4. The van der Waals surface area contributed by atoms with Gasteiger partial charge in [0.25, 0.3) is 0 Å². The zero-order valence-corrected chi connectivity index (χ0v) is 60.1. The summed E-state index contributed by atoms with van der Waals surface area (Å²) in [5.74, 6) is -6.42. The number of cyclic esters (lactones) is 1. The van der Waals surface area contributed by atoms with E-state index in [0.29, 0.717) is 42.7 Å². The van der Waals surface area contributed by atoms with E-state index in [4.69, 9.17) is 18.9 Å². The zero-order chi connectivity index (χ0) is 72.5. The molecule has 3 rings (SSSR count). The van der Waals surface area contributed by atoms with Crippen molar-refractivity contribution in [1.29, 1.82) is 0 Å². The molecule has 562 valence electrons. The highest BCUT2D eigenvalue weighted by Gasteiger charge is 2.53. The molecule has 23 heteroatoms. The SMILES string of the molecule is C/C1=C\C=C\C[C@@H](O)[C@H](C)[C@@H](O)CCC[C@@H](O)C[C@H](O)/C(C)=C/[C@H](CCCCC(C)C)[C@@H](O)C(O)CC[C@@H](O)C[C@H](O)C[C@@H](O)[C@@H](C)CC[C@@H](O)[C@H](C)[C@@H](O)CCC[C@H](O)C[C@H](O)/C=C/C(C)OC(=O)CC2(O)O[C@@H](C[C@H](OC3O[C@H](C)[C@@H](O)[C@H](N(C)C)[C@H]3O)[C@H]2C)[C@@H](C)[C@@H]1O. The molecule has 0 saturated carbocycles. The maximum atomic E-state index is 13.7. The number of fused-ring (bicyclic) bond motifs is 2. The van der Waals surface area contributed by atoms with E-state index in [1.54, 1.807) is 106 Å². The predicted molar refractivity (Wildman–Crippen MR) is 365 cm³/mol. The fraction of sp³-hybridized carbons (Fsp3) is 0.877. The normalized spacial score (nSPS) is 44.4. The Bertz CT molecular complexity index is 2270. The van der Waals surface area contributed by atoms with Crippen LogP contribution in [-0.4, -0.2) is 252 Å². The van der Waals surface area contributed by atoms with Crippen LogP contribution in [0.2, 0.25) is 0 Å². The fourth-order valence-electron chi connectivity index (χ4n) is 13.6. The van der Waals surface area contributed by atoms with Crippen molar-refractivity contribution in [2.75, 3.05) is 14.1 Å². The van der Waals surface area contributed by atoms with Gasteiger partial charge in [-0.15, -0.1) is 0 Å². The molecule has 3 aliphatic heterocycles. The Morgan fingerprint density at radius 3 is 1.80 bits per heavy atom. The first-order valence-corrected chi connectivity index (χ1v) is 36.0. The summed E-state index contributed by atoms with van der Waals surface area (Å²) in [5, 5.41) is 191. The van der Waals surface area contributed by atoms with E-state index in [1.165, 1.54) is 12.2 Å². The molecule has 2 saturated heterocycles. The number of unbranched alkanes of at least 4 members (excludes halogenated alkanes) is 1. The second-order valence-corrected chi connectivity index (χ2v) is 30.0. The van der Waals surface area contributed by atoms with Crippen LogP contribution in [0.15, 0.2) is 47.6 Å². The smallest absolute Gasteiger partial charge is 0.311 e. The quantitative estimate of drug-likeness (QED) is 0.0903. The Balaban J connectivity index is 1.86. The Labute approximate surface area is 573 Å². The third kappa shape index (κ3) is 29.9. The Morgan fingerprint density at radius 2 is 1.19 bits per heavy atom. The van der Waals surface area contributed by atoms with Crippen molar-refractivity contribution >= 4 is 5.97 Å². The zero-order valence-electron chi connectivity index (χ0n) is 60.1. The second-order valence-electron chi connectivity index (χ2n) is 30.0. The highest BCUT2D eigenvalue weighted by molar-refractivity contribution is 5.71. The van der Waals surface area contributed by atoms with Crippen LogP contribution in [0.1, 0.15) is 211 Å². The molecule has 0 aromatic carbocycles. The minimum atomic E-state index is -2.26. The van der Waals surface area contributed by atoms with Gasteiger partial charge in [0.1, 0.15) is 12.2 Å². The first kappa shape index (κ1) is 87.8. The van der Waals surface area contributed by atoms with Crippen molar-refractivity contribution in [1.82, 2.24) is 4.90 Å². The standard InChI is InChI=1S/C73H133NO22/c1-41(2)20-14-16-22-51-34-44(5)63(86)37-53(76)24-19-27-58(81)46(7)57(80)25-17-15-21-43(4)68(88)48(9)64-39-65(95-72-71(91)67(74(12)13)69(89)50(11)94-72)49(10)73(92,96-64)40-66(87)93-45(6)29-30-54(77)35-52(75)23-18-26-59(82)47(8)60(83)32-28-42(3)62(85)38-56(79)36-55(78)31-33-61(84)70(51)90/h15,17,21,29-30,34,41-42,45-65,67-72,75-86,88-92H,14,16,18-20,22-28,31-33,35-40H2,1-13H3/b17-15+,30-29+,43-21+,44-34+/t42-,45?,46-,47+,48+,49+,50+,51-,52-,53+,54+,55+,56-,57+,58-,59-,60+,61?,62+,63-,64-,65-,67-,68+,69+,70+,71+,72?,73?/m0/s1. The van der Waals surface area contributed by atoms with Crippen LogP contribution in [0.5, 0.6) is 0 Å². The van der Waals surface area contributed by atoms with Gasteiger partial charge < -0.3 is 111 Å². The van der Waals surface area contributed by atoms with Crippen LogP contribution in [0, 0.1) is 41.4 Å². The van der Waals surface area contributed by atoms with E-state index >= 15 is 0 Å². The molecule has 23 nitrogen and oxygen atoms in total. The summed E-state index contributed by atoms with van der Waals surface area (Å²) < 4.78 is 24.5. The molecule has 96 heavy (non-hydrogen) atoms. The van der Waals surface area contributed by atoms with Gasteiger partial charge in [0.2, 0.25) is 0 Å². The fourth-order valence-corrected chi connectivity index (χ4v) is 13.6. The summed E-state index contributed by atoms with van der Waals surface area (Å²) in [6.45, 7) is 19.4. The summed E-state index contributed by atoms with van der Waals surface area (Å²) in [6.07, 6.45) is -7.60. The number of aliphatic hydroxyl groups excluding tert-OH is 16. The summed E-state index contributed by atoms with van der Waals surface area (Å²) in [6, 6.07) is -0.781. The lowest BCUT2D eigenvalue weighted by molar-refractivity contribution is -0.351. The van der Waals surface area contributed by atoms with Crippen LogP contribution >= 0.6 is 0 Å². The molecular weight excluding hydrogens is 1240 g/mol. The molecule has 4 unspecified atom stereocenters. The highest BCUT2D eigenvalue weighted by atomic mass is 16.7. The van der Waals surface area contributed by atoms with Gasteiger partial charge in [-0.3, -0.25) is 4.79 Å². The number of carbonyl (C=O) groups excluding carboxylic acids is 1. The van der Waals surface area contributed by atoms with Gasteiger partial charge in [-0.25, -0.2) is 0 Å². The molecule has 0 radical (unpaired) electrons. The van der Waals surface area contributed by atoms with Crippen molar-refractivity contribution in [3.8, 4) is 0 Å². The van der Waals surface area contributed by atoms with E-state index in [0.717, 1.165) is 19.3 Å². The minimum absolute atomic E-state index is 0.00941. The minimum Gasteiger partial charge on any atom is -0.458 e. The number of nitrogens with zero attached hydrogens (tertiary/aromatic N) is 1.